The van der Waals surface area contributed by atoms with Crippen molar-refractivity contribution in [1.82, 2.24) is 20.9 Å². The zero-order valence-electron chi connectivity index (χ0n) is 17.8. The first-order valence-electron chi connectivity index (χ1n) is 10.9. The van der Waals surface area contributed by atoms with Crippen molar-refractivity contribution in [3.05, 3.63) is 0 Å². The first kappa shape index (κ1) is 22.3. The minimum Gasteiger partial charge on any atom is -0.352 e. The van der Waals surface area contributed by atoms with Gasteiger partial charge in [0.2, 0.25) is 5.91 Å². The van der Waals surface area contributed by atoms with Gasteiger partial charge < -0.3 is 16.0 Å². The van der Waals surface area contributed by atoms with E-state index in [1.165, 1.54) is 12.8 Å². The minimum absolute atomic E-state index is 0. The second-order valence-electron chi connectivity index (χ2n) is 10.4. The Hall–Kier alpha value is -1.34. The largest absolute Gasteiger partial charge is 0.352 e. The Balaban J connectivity index is 0.00000240. The molecule has 8 heteroatoms. The standard InChI is InChI=1S/C21H34N4O3.ClH/c1-20(2,3)13-6-8-21(9-7-13)18(27)25(19(28)24-21)12-17(26)23-16-10-14-4-5-15(11-16)22-14;/h13-16,22H,4-12H2,1-3H3,(H,23,26)(H,24,28);1H. The molecule has 0 aromatic rings. The van der Waals surface area contributed by atoms with E-state index in [-0.39, 0.29) is 42.2 Å². The normalized spacial score (nSPS) is 36.7. The van der Waals surface area contributed by atoms with Crippen LogP contribution in [-0.2, 0) is 9.59 Å². The number of carbonyl (C=O) groups excluding carboxylic acids is 3. The topological polar surface area (TPSA) is 90.5 Å². The van der Waals surface area contributed by atoms with Crippen molar-refractivity contribution in [3.8, 4) is 0 Å². The van der Waals surface area contributed by atoms with Crippen LogP contribution in [0, 0.1) is 11.3 Å². The summed E-state index contributed by atoms with van der Waals surface area (Å²) in [5.74, 6) is 0.107. The van der Waals surface area contributed by atoms with E-state index in [2.05, 4.69) is 36.7 Å². The van der Waals surface area contributed by atoms with Crippen molar-refractivity contribution < 1.29 is 14.4 Å². The number of piperidine rings is 1. The fraction of sp³-hybridized carbons (Fsp3) is 0.857. The van der Waals surface area contributed by atoms with Crippen LogP contribution < -0.4 is 16.0 Å². The Morgan fingerprint density at radius 3 is 2.24 bits per heavy atom. The van der Waals surface area contributed by atoms with Gasteiger partial charge in [-0.3, -0.25) is 14.5 Å². The van der Waals surface area contributed by atoms with Crippen LogP contribution in [-0.4, -0.2) is 53.0 Å². The molecule has 3 saturated heterocycles. The Kier molecular flexibility index (Phi) is 6.21. The molecule has 3 aliphatic heterocycles. The SMILES string of the molecule is CC(C)(C)C1CCC2(CC1)NC(=O)N(CC(=O)NC1CC3CCC(C1)N3)C2=O.Cl. The lowest BCUT2D eigenvalue weighted by Gasteiger charge is -2.40. The van der Waals surface area contributed by atoms with Gasteiger partial charge in [-0.05, 0) is 62.7 Å². The van der Waals surface area contributed by atoms with Gasteiger partial charge in [-0.2, -0.15) is 0 Å². The molecule has 3 heterocycles. The summed E-state index contributed by atoms with van der Waals surface area (Å²) < 4.78 is 0. The van der Waals surface area contributed by atoms with Gasteiger partial charge in [0.05, 0.1) is 0 Å². The summed E-state index contributed by atoms with van der Waals surface area (Å²) in [4.78, 5) is 39.2. The van der Waals surface area contributed by atoms with Gasteiger partial charge >= 0.3 is 6.03 Å². The summed E-state index contributed by atoms with van der Waals surface area (Å²) in [5.41, 5.74) is -0.589. The first-order chi connectivity index (χ1) is 13.2. The Labute approximate surface area is 179 Å². The maximum atomic E-state index is 13.0. The average Bonchev–Trinajstić information content (AvgIpc) is 3.06. The minimum atomic E-state index is -0.799. The fourth-order valence-electron chi connectivity index (χ4n) is 5.73. The lowest BCUT2D eigenvalue weighted by Crippen LogP contribution is -2.52. The maximum Gasteiger partial charge on any atom is 0.325 e. The Morgan fingerprint density at radius 2 is 1.69 bits per heavy atom. The molecule has 2 unspecified atom stereocenters. The molecule has 4 rings (SSSR count). The number of carbonyl (C=O) groups is 3. The number of urea groups is 1. The van der Waals surface area contributed by atoms with Gasteiger partial charge in [-0.15, -0.1) is 12.4 Å². The molecular formula is C21H35ClN4O3. The highest BCUT2D eigenvalue weighted by Crippen LogP contribution is 2.43. The Morgan fingerprint density at radius 1 is 1.10 bits per heavy atom. The van der Waals surface area contributed by atoms with Crippen molar-refractivity contribution in [2.24, 2.45) is 11.3 Å². The number of hydrogen-bond donors (Lipinski definition) is 3. The molecule has 2 bridgehead atoms. The third-order valence-electron chi connectivity index (χ3n) is 7.45. The summed E-state index contributed by atoms with van der Waals surface area (Å²) in [6, 6.07) is 0.701. The van der Waals surface area contributed by atoms with E-state index in [0.717, 1.165) is 30.6 Å². The molecule has 1 aliphatic carbocycles. The predicted molar refractivity (Wildman–Crippen MR) is 113 cm³/mol. The number of hydrogen-bond acceptors (Lipinski definition) is 4. The smallest absolute Gasteiger partial charge is 0.325 e. The molecule has 2 atom stereocenters. The van der Waals surface area contributed by atoms with Crippen LogP contribution in [0.2, 0.25) is 0 Å². The van der Waals surface area contributed by atoms with Crippen LogP contribution >= 0.6 is 12.4 Å². The number of halogens is 1. The molecule has 4 aliphatic rings. The van der Waals surface area contributed by atoms with Crippen molar-refractivity contribution >= 4 is 30.3 Å². The highest BCUT2D eigenvalue weighted by atomic mass is 35.5. The summed E-state index contributed by atoms with van der Waals surface area (Å²) in [6.45, 7) is 6.52. The van der Waals surface area contributed by atoms with E-state index in [4.69, 9.17) is 0 Å². The lowest BCUT2D eigenvalue weighted by atomic mass is 9.67. The summed E-state index contributed by atoms with van der Waals surface area (Å²) in [7, 11) is 0. The lowest BCUT2D eigenvalue weighted by molar-refractivity contribution is -0.136. The fourth-order valence-corrected chi connectivity index (χ4v) is 5.73. The highest BCUT2D eigenvalue weighted by Gasteiger charge is 2.53. The zero-order chi connectivity index (χ0) is 20.1. The highest BCUT2D eigenvalue weighted by molar-refractivity contribution is 6.09. The van der Waals surface area contributed by atoms with Crippen LogP contribution in [0.15, 0.2) is 0 Å². The summed E-state index contributed by atoms with van der Waals surface area (Å²) >= 11 is 0. The van der Waals surface area contributed by atoms with Gasteiger partial charge in [-0.1, -0.05) is 20.8 Å². The van der Waals surface area contributed by atoms with E-state index in [9.17, 15) is 14.4 Å². The van der Waals surface area contributed by atoms with Gasteiger partial charge in [0.25, 0.3) is 5.91 Å². The van der Waals surface area contributed by atoms with E-state index >= 15 is 0 Å². The molecule has 0 aromatic heterocycles. The number of nitrogens with one attached hydrogen (secondary N) is 3. The van der Waals surface area contributed by atoms with Gasteiger partial charge in [0, 0.05) is 18.1 Å². The average molecular weight is 427 g/mol. The number of imide groups is 1. The van der Waals surface area contributed by atoms with Crippen LogP contribution in [0.1, 0.15) is 72.1 Å². The van der Waals surface area contributed by atoms with E-state index in [1.807, 2.05) is 0 Å². The van der Waals surface area contributed by atoms with Gasteiger partial charge in [-0.25, -0.2) is 4.79 Å². The van der Waals surface area contributed by atoms with Crippen LogP contribution in [0.5, 0.6) is 0 Å². The zero-order valence-corrected chi connectivity index (χ0v) is 18.6. The molecule has 0 aromatic carbocycles. The molecule has 1 spiro atoms. The second kappa shape index (κ2) is 8.06. The van der Waals surface area contributed by atoms with Crippen LogP contribution in [0.3, 0.4) is 0 Å². The molecule has 164 valence electrons. The molecule has 3 N–H and O–H groups in total. The number of nitrogens with zero attached hydrogens (tertiary/aromatic N) is 1. The third kappa shape index (κ3) is 4.41. The summed E-state index contributed by atoms with van der Waals surface area (Å²) in [6.07, 6.45) is 7.37. The first-order valence-corrected chi connectivity index (χ1v) is 10.9. The maximum absolute atomic E-state index is 13.0. The number of amides is 4. The van der Waals surface area contributed by atoms with Crippen LogP contribution in [0.4, 0.5) is 4.79 Å². The van der Waals surface area contributed by atoms with Crippen molar-refractivity contribution in [1.29, 1.82) is 0 Å². The van der Waals surface area contributed by atoms with E-state index < -0.39 is 11.6 Å². The monoisotopic (exact) mass is 426 g/mol. The molecule has 29 heavy (non-hydrogen) atoms. The molecule has 1 saturated carbocycles. The Bertz CT molecular complexity index is 657. The van der Waals surface area contributed by atoms with Crippen molar-refractivity contribution in [2.45, 2.75) is 95.8 Å². The van der Waals surface area contributed by atoms with E-state index in [1.54, 1.807) is 0 Å². The second-order valence-corrected chi connectivity index (χ2v) is 10.4. The summed E-state index contributed by atoms with van der Waals surface area (Å²) in [5, 5.41) is 9.53. The molecular weight excluding hydrogens is 392 g/mol. The van der Waals surface area contributed by atoms with Crippen LogP contribution in [0.25, 0.3) is 0 Å². The number of rotatable bonds is 3. The molecule has 7 nitrogen and oxygen atoms in total. The third-order valence-corrected chi connectivity index (χ3v) is 7.45. The van der Waals surface area contributed by atoms with Crippen molar-refractivity contribution in [3.63, 3.8) is 0 Å². The quantitative estimate of drug-likeness (QED) is 0.604. The van der Waals surface area contributed by atoms with Gasteiger partial charge in [0.1, 0.15) is 12.1 Å². The van der Waals surface area contributed by atoms with E-state index in [0.29, 0.717) is 30.8 Å². The molecule has 4 fully saturated rings. The predicted octanol–water partition coefficient (Wildman–Crippen LogP) is 2.33. The number of fused-ring (bicyclic) bond motifs is 2. The molecule has 0 radical (unpaired) electrons. The van der Waals surface area contributed by atoms with Gasteiger partial charge in [0.15, 0.2) is 0 Å². The van der Waals surface area contributed by atoms with Crippen molar-refractivity contribution in [2.75, 3.05) is 6.54 Å². The molecule has 4 amide bonds.